The summed E-state index contributed by atoms with van der Waals surface area (Å²) in [5, 5.41) is 12.7. The lowest BCUT2D eigenvalue weighted by atomic mass is 10.1. The van der Waals surface area contributed by atoms with Gasteiger partial charge in [0.25, 0.3) is 11.8 Å². The van der Waals surface area contributed by atoms with Crippen molar-refractivity contribution in [1.29, 1.82) is 0 Å². The van der Waals surface area contributed by atoms with Crippen LogP contribution in [-0.2, 0) is 11.2 Å². The number of carbonyl (C=O) groups is 3. The van der Waals surface area contributed by atoms with E-state index >= 15 is 0 Å². The highest BCUT2D eigenvalue weighted by Gasteiger charge is 2.28. The van der Waals surface area contributed by atoms with Gasteiger partial charge in [0.15, 0.2) is 0 Å². The van der Waals surface area contributed by atoms with Gasteiger partial charge in [-0.05, 0) is 54.5 Å². The fraction of sp³-hybridized carbons (Fsp3) is 0.190. The fourth-order valence-corrected chi connectivity index (χ4v) is 3.13. The van der Waals surface area contributed by atoms with Crippen LogP contribution in [-0.4, -0.2) is 48.4 Å². The topological polar surface area (TPSA) is 90.0 Å². The van der Waals surface area contributed by atoms with E-state index in [0.717, 1.165) is 11.6 Å². The number of phenolic OH excluding ortho intramolecular Hbond substituents is 1. The van der Waals surface area contributed by atoms with E-state index in [1.54, 1.807) is 37.2 Å². The number of nitrogens with one attached hydrogen (secondary N) is 1. The third kappa shape index (κ3) is 3.59. The zero-order valence-electron chi connectivity index (χ0n) is 15.7. The molecule has 1 heterocycles. The van der Waals surface area contributed by atoms with Gasteiger partial charge >= 0.3 is 0 Å². The van der Waals surface area contributed by atoms with Crippen molar-refractivity contribution in [3.05, 3.63) is 65.7 Å². The first kappa shape index (κ1) is 19.2. The van der Waals surface area contributed by atoms with Crippen molar-refractivity contribution in [3.63, 3.8) is 0 Å². The van der Waals surface area contributed by atoms with Crippen molar-refractivity contribution < 1.29 is 19.5 Å². The summed E-state index contributed by atoms with van der Waals surface area (Å²) in [5.41, 5.74) is 2.65. The van der Waals surface area contributed by atoms with Crippen LogP contribution in [0.5, 0.6) is 5.75 Å². The lowest BCUT2D eigenvalue weighted by Gasteiger charge is -2.19. The SMILES string of the molecule is C=CC(=O)Nc1ccc(O)c(C(=O)N2CCc3cc(C(=O)N(C)C)ccc32)c1. The summed E-state index contributed by atoms with van der Waals surface area (Å²) >= 11 is 0. The molecule has 0 saturated carbocycles. The summed E-state index contributed by atoms with van der Waals surface area (Å²) in [6.45, 7) is 3.83. The first-order chi connectivity index (χ1) is 13.3. The largest absolute Gasteiger partial charge is 0.507 e. The Balaban J connectivity index is 1.90. The van der Waals surface area contributed by atoms with E-state index in [0.29, 0.717) is 29.9 Å². The Kier molecular flexibility index (Phi) is 5.17. The first-order valence-corrected chi connectivity index (χ1v) is 8.74. The van der Waals surface area contributed by atoms with Crippen molar-refractivity contribution in [1.82, 2.24) is 4.90 Å². The quantitative estimate of drug-likeness (QED) is 0.631. The van der Waals surface area contributed by atoms with Crippen molar-refractivity contribution in [2.45, 2.75) is 6.42 Å². The number of benzene rings is 2. The smallest absolute Gasteiger partial charge is 0.262 e. The van der Waals surface area contributed by atoms with E-state index in [1.807, 2.05) is 0 Å². The van der Waals surface area contributed by atoms with Gasteiger partial charge in [-0.3, -0.25) is 14.4 Å². The summed E-state index contributed by atoms with van der Waals surface area (Å²) in [7, 11) is 3.37. The third-order valence-electron chi connectivity index (χ3n) is 4.55. The van der Waals surface area contributed by atoms with Crippen LogP contribution < -0.4 is 10.2 Å². The second kappa shape index (κ2) is 7.56. The maximum absolute atomic E-state index is 13.0. The van der Waals surface area contributed by atoms with Gasteiger partial charge in [0, 0.05) is 37.6 Å². The van der Waals surface area contributed by atoms with Crippen LogP contribution in [0.4, 0.5) is 11.4 Å². The minimum atomic E-state index is -0.409. The predicted molar refractivity (Wildman–Crippen MR) is 107 cm³/mol. The van der Waals surface area contributed by atoms with E-state index in [2.05, 4.69) is 11.9 Å². The van der Waals surface area contributed by atoms with Crippen LogP contribution in [0.2, 0.25) is 0 Å². The molecule has 7 heteroatoms. The van der Waals surface area contributed by atoms with Crippen LogP contribution >= 0.6 is 0 Å². The minimum absolute atomic E-state index is 0.0863. The van der Waals surface area contributed by atoms with E-state index in [4.69, 9.17) is 0 Å². The average molecular weight is 379 g/mol. The normalized spacial score (nSPS) is 12.3. The van der Waals surface area contributed by atoms with Crippen LogP contribution in [0.3, 0.4) is 0 Å². The lowest BCUT2D eigenvalue weighted by molar-refractivity contribution is -0.111. The molecule has 0 atom stereocenters. The second-order valence-electron chi connectivity index (χ2n) is 6.68. The molecular formula is C21H21N3O4. The Morgan fingerprint density at radius 1 is 1.18 bits per heavy atom. The Labute approximate surface area is 162 Å². The molecule has 3 amide bonds. The number of hydrogen-bond donors (Lipinski definition) is 2. The van der Waals surface area contributed by atoms with E-state index in [1.165, 1.54) is 23.1 Å². The molecule has 0 fully saturated rings. The van der Waals surface area contributed by atoms with Gasteiger partial charge in [-0.25, -0.2) is 0 Å². The maximum atomic E-state index is 13.0. The van der Waals surface area contributed by atoms with E-state index < -0.39 is 5.91 Å². The highest BCUT2D eigenvalue weighted by Crippen LogP contribution is 2.32. The molecular weight excluding hydrogens is 358 g/mol. The van der Waals surface area contributed by atoms with Crippen molar-refractivity contribution >= 4 is 29.1 Å². The number of carbonyl (C=O) groups excluding carboxylic acids is 3. The molecule has 1 aliphatic heterocycles. The molecule has 2 N–H and O–H groups in total. The molecule has 0 spiro atoms. The maximum Gasteiger partial charge on any atom is 0.262 e. The number of hydrogen-bond acceptors (Lipinski definition) is 4. The molecule has 0 aromatic heterocycles. The van der Waals surface area contributed by atoms with Gasteiger partial charge in [0.1, 0.15) is 5.75 Å². The van der Waals surface area contributed by atoms with Gasteiger partial charge in [-0.2, -0.15) is 0 Å². The van der Waals surface area contributed by atoms with Crippen LogP contribution in [0.25, 0.3) is 0 Å². The van der Waals surface area contributed by atoms with Crippen LogP contribution in [0.1, 0.15) is 26.3 Å². The van der Waals surface area contributed by atoms with Gasteiger partial charge in [-0.15, -0.1) is 0 Å². The Hall–Kier alpha value is -3.61. The number of rotatable bonds is 4. The second-order valence-corrected chi connectivity index (χ2v) is 6.68. The monoisotopic (exact) mass is 379 g/mol. The summed E-state index contributed by atoms with van der Waals surface area (Å²) in [5.74, 6) is -1.06. The zero-order chi connectivity index (χ0) is 20.4. The third-order valence-corrected chi connectivity index (χ3v) is 4.55. The zero-order valence-corrected chi connectivity index (χ0v) is 15.7. The number of amides is 3. The van der Waals surface area contributed by atoms with Crippen molar-refractivity contribution in [3.8, 4) is 5.75 Å². The average Bonchev–Trinajstić information content (AvgIpc) is 3.11. The molecule has 0 aliphatic carbocycles. The number of nitrogens with zero attached hydrogens (tertiary/aromatic N) is 2. The lowest BCUT2D eigenvalue weighted by Crippen LogP contribution is -2.29. The molecule has 0 radical (unpaired) electrons. The number of anilines is 2. The minimum Gasteiger partial charge on any atom is -0.507 e. The molecule has 144 valence electrons. The first-order valence-electron chi connectivity index (χ1n) is 8.74. The molecule has 7 nitrogen and oxygen atoms in total. The summed E-state index contributed by atoms with van der Waals surface area (Å²) in [4.78, 5) is 39.7. The predicted octanol–water partition coefficient (Wildman–Crippen LogP) is 2.42. The standard InChI is InChI=1S/C21H21N3O4/c1-4-19(26)22-15-6-8-18(25)16(12-15)21(28)24-10-9-13-11-14(5-7-17(13)24)20(27)23(2)3/h4-8,11-12,25H,1,9-10H2,2-3H3,(H,22,26). The highest BCUT2D eigenvalue weighted by atomic mass is 16.3. The molecule has 28 heavy (non-hydrogen) atoms. The molecule has 0 saturated heterocycles. The fourth-order valence-electron chi connectivity index (χ4n) is 3.13. The molecule has 1 aliphatic rings. The molecule has 2 aromatic carbocycles. The van der Waals surface area contributed by atoms with E-state index in [-0.39, 0.29) is 23.1 Å². The summed E-state index contributed by atoms with van der Waals surface area (Å²) in [6, 6.07) is 9.53. The molecule has 0 bridgehead atoms. The molecule has 0 unspecified atom stereocenters. The van der Waals surface area contributed by atoms with Gasteiger partial charge in [0.2, 0.25) is 5.91 Å². The van der Waals surface area contributed by atoms with Crippen LogP contribution in [0.15, 0.2) is 49.1 Å². The van der Waals surface area contributed by atoms with Gasteiger partial charge in [-0.1, -0.05) is 6.58 Å². The Bertz CT molecular complexity index is 982. The van der Waals surface area contributed by atoms with Crippen LogP contribution in [0, 0.1) is 0 Å². The molecule has 2 aromatic rings. The summed E-state index contributed by atoms with van der Waals surface area (Å²) in [6.07, 6.45) is 1.74. The van der Waals surface area contributed by atoms with Crippen molar-refractivity contribution in [2.24, 2.45) is 0 Å². The number of phenols is 1. The Morgan fingerprint density at radius 3 is 2.61 bits per heavy atom. The van der Waals surface area contributed by atoms with E-state index in [9.17, 15) is 19.5 Å². The number of fused-ring (bicyclic) bond motifs is 1. The Morgan fingerprint density at radius 2 is 1.93 bits per heavy atom. The molecule has 3 rings (SSSR count). The van der Waals surface area contributed by atoms with Gasteiger partial charge < -0.3 is 20.2 Å². The summed E-state index contributed by atoms with van der Waals surface area (Å²) < 4.78 is 0. The highest BCUT2D eigenvalue weighted by molar-refractivity contribution is 6.10. The van der Waals surface area contributed by atoms with Crippen molar-refractivity contribution in [2.75, 3.05) is 30.9 Å². The van der Waals surface area contributed by atoms with Gasteiger partial charge in [0.05, 0.1) is 5.56 Å². The number of aromatic hydroxyl groups is 1.